The van der Waals surface area contributed by atoms with E-state index in [2.05, 4.69) is 5.32 Å². The Bertz CT molecular complexity index is 745. The zero-order valence-electron chi connectivity index (χ0n) is 13.4. The molecular weight excluding hydrogens is 344 g/mol. The third-order valence-corrected chi connectivity index (χ3v) is 5.60. The van der Waals surface area contributed by atoms with Gasteiger partial charge in [0.25, 0.3) is 5.91 Å². The number of hydrogen-bond acceptors (Lipinski definition) is 3. The fourth-order valence-electron chi connectivity index (χ4n) is 2.91. The molecule has 0 saturated carbocycles. The lowest BCUT2D eigenvalue weighted by Gasteiger charge is -2.32. The average molecular weight is 363 g/mol. The van der Waals surface area contributed by atoms with Crippen molar-refractivity contribution in [3.05, 3.63) is 51.2 Å². The second kappa shape index (κ2) is 7.36. The van der Waals surface area contributed by atoms with Crippen LogP contribution in [0, 0.1) is 12.8 Å². The van der Waals surface area contributed by atoms with Gasteiger partial charge < -0.3 is 10.2 Å². The molecule has 1 aliphatic rings. The number of amides is 2. The third kappa shape index (κ3) is 3.62. The summed E-state index contributed by atoms with van der Waals surface area (Å²) in [6.45, 7) is 3.05. The summed E-state index contributed by atoms with van der Waals surface area (Å²) in [5, 5.41) is 5.48. The number of carbonyl (C=O) groups is 2. The highest BCUT2D eigenvalue weighted by atomic mass is 35.5. The van der Waals surface area contributed by atoms with Crippen LogP contribution in [0.5, 0.6) is 0 Å². The van der Waals surface area contributed by atoms with Gasteiger partial charge in [0.1, 0.15) is 0 Å². The van der Waals surface area contributed by atoms with E-state index in [1.807, 2.05) is 36.6 Å². The summed E-state index contributed by atoms with van der Waals surface area (Å²) in [5.74, 6) is -0.230. The number of anilines is 1. The Labute approximate surface area is 150 Å². The van der Waals surface area contributed by atoms with Gasteiger partial charge in [-0.15, -0.1) is 11.3 Å². The highest BCUT2D eigenvalue weighted by molar-refractivity contribution is 7.12. The quantitative estimate of drug-likeness (QED) is 0.889. The molecule has 24 heavy (non-hydrogen) atoms. The van der Waals surface area contributed by atoms with Gasteiger partial charge in [-0.05, 0) is 48.9 Å². The van der Waals surface area contributed by atoms with Gasteiger partial charge in [-0.3, -0.25) is 9.59 Å². The normalized spacial score (nSPS) is 17.6. The summed E-state index contributed by atoms with van der Waals surface area (Å²) < 4.78 is 0. The van der Waals surface area contributed by atoms with E-state index in [4.69, 9.17) is 11.6 Å². The number of thiophene rings is 1. The van der Waals surface area contributed by atoms with E-state index in [0.29, 0.717) is 18.1 Å². The first-order valence-corrected chi connectivity index (χ1v) is 9.21. The molecule has 1 aromatic heterocycles. The maximum atomic E-state index is 12.6. The molecule has 0 bridgehead atoms. The number of nitrogens with zero attached hydrogens (tertiary/aromatic N) is 1. The molecule has 2 amide bonds. The number of benzene rings is 1. The highest BCUT2D eigenvalue weighted by Crippen LogP contribution is 2.25. The van der Waals surface area contributed by atoms with Crippen molar-refractivity contribution in [2.75, 3.05) is 18.4 Å². The summed E-state index contributed by atoms with van der Waals surface area (Å²) in [7, 11) is 0. The molecular formula is C18H19ClN2O2S. The third-order valence-electron chi connectivity index (χ3n) is 4.34. The Morgan fingerprint density at radius 1 is 1.29 bits per heavy atom. The summed E-state index contributed by atoms with van der Waals surface area (Å²) >= 11 is 7.54. The first kappa shape index (κ1) is 17.0. The molecule has 1 aliphatic heterocycles. The molecule has 2 heterocycles. The smallest absolute Gasteiger partial charge is 0.263 e. The van der Waals surface area contributed by atoms with E-state index >= 15 is 0 Å². The topological polar surface area (TPSA) is 49.4 Å². The fraction of sp³-hybridized carbons (Fsp3) is 0.333. The van der Waals surface area contributed by atoms with Gasteiger partial charge >= 0.3 is 0 Å². The van der Waals surface area contributed by atoms with Gasteiger partial charge in [0.2, 0.25) is 5.91 Å². The SMILES string of the molecule is Cc1c(Cl)cccc1NC(=O)[C@H]1CCCN(C(=O)c2cccs2)C1. The van der Waals surface area contributed by atoms with Crippen molar-refractivity contribution in [1.82, 2.24) is 4.90 Å². The van der Waals surface area contributed by atoms with Crippen molar-refractivity contribution in [2.24, 2.45) is 5.92 Å². The number of halogens is 1. The van der Waals surface area contributed by atoms with Crippen molar-refractivity contribution in [3.63, 3.8) is 0 Å². The molecule has 2 aromatic rings. The Morgan fingerprint density at radius 3 is 2.88 bits per heavy atom. The summed E-state index contributed by atoms with van der Waals surface area (Å²) in [6.07, 6.45) is 1.63. The summed E-state index contributed by atoms with van der Waals surface area (Å²) in [6, 6.07) is 9.16. The van der Waals surface area contributed by atoms with Crippen molar-refractivity contribution < 1.29 is 9.59 Å². The Kier molecular flexibility index (Phi) is 5.21. The number of hydrogen-bond donors (Lipinski definition) is 1. The second-order valence-electron chi connectivity index (χ2n) is 5.97. The van der Waals surface area contributed by atoms with Gasteiger partial charge in [0.05, 0.1) is 10.8 Å². The van der Waals surface area contributed by atoms with Crippen LogP contribution >= 0.6 is 22.9 Å². The van der Waals surface area contributed by atoms with Gasteiger partial charge in [-0.1, -0.05) is 23.7 Å². The number of nitrogens with one attached hydrogen (secondary N) is 1. The van der Waals surface area contributed by atoms with E-state index in [1.54, 1.807) is 11.0 Å². The monoisotopic (exact) mass is 362 g/mol. The van der Waals surface area contributed by atoms with Gasteiger partial charge in [0.15, 0.2) is 0 Å². The number of piperidine rings is 1. The molecule has 1 fully saturated rings. The lowest BCUT2D eigenvalue weighted by Crippen LogP contribution is -2.43. The highest BCUT2D eigenvalue weighted by Gasteiger charge is 2.29. The summed E-state index contributed by atoms with van der Waals surface area (Å²) in [4.78, 5) is 27.6. The van der Waals surface area contributed by atoms with Crippen LogP contribution in [-0.2, 0) is 4.79 Å². The van der Waals surface area contributed by atoms with Gasteiger partial charge in [-0.2, -0.15) is 0 Å². The van der Waals surface area contributed by atoms with Crippen LogP contribution in [0.15, 0.2) is 35.7 Å². The largest absolute Gasteiger partial charge is 0.337 e. The van der Waals surface area contributed by atoms with Crippen LogP contribution < -0.4 is 5.32 Å². The Morgan fingerprint density at radius 2 is 2.12 bits per heavy atom. The molecule has 1 saturated heterocycles. The van der Waals surface area contributed by atoms with Crippen molar-refractivity contribution >= 4 is 40.4 Å². The van der Waals surface area contributed by atoms with E-state index in [-0.39, 0.29) is 17.7 Å². The minimum Gasteiger partial charge on any atom is -0.337 e. The molecule has 4 nitrogen and oxygen atoms in total. The molecule has 1 N–H and O–H groups in total. The van der Waals surface area contributed by atoms with Crippen molar-refractivity contribution in [1.29, 1.82) is 0 Å². The first-order valence-electron chi connectivity index (χ1n) is 7.95. The van der Waals surface area contributed by atoms with E-state index in [1.165, 1.54) is 11.3 Å². The van der Waals surface area contributed by atoms with Crippen LogP contribution in [0.2, 0.25) is 5.02 Å². The van der Waals surface area contributed by atoms with Crippen LogP contribution in [0.1, 0.15) is 28.1 Å². The second-order valence-corrected chi connectivity index (χ2v) is 7.32. The fourth-order valence-corrected chi connectivity index (χ4v) is 3.77. The van der Waals surface area contributed by atoms with Gasteiger partial charge in [-0.25, -0.2) is 0 Å². The average Bonchev–Trinajstić information content (AvgIpc) is 3.13. The molecule has 3 rings (SSSR count). The van der Waals surface area contributed by atoms with E-state index in [0.717, 1.165) is 29.0 Å². The van der Waals surface area contributed by atoms with E-state index in [9.17, 15) is 9.59 Å². The van der Waals surface area contributed by atoms with Gasteiger partial charge in [0, 0.05) is 23.8 Å². The molecule has 0 unspecified atom stereocenters. The molecule has 1 aromatic carbocycles. The minimum absolute atomic E-state index is 0.0152. The number of likely N-dealkylation sites (tertiary alicyclic amines) is 1. The molecule has 1 atom stereocenters. The lowest BCUT2D eigenvalue weighted by atomic mass is 9.96. The van der Waals surface area contributed by atoms with Crippen molar-refractivity contribution in [3.8, 4) is 0 Å². The van der Waals surface area contributed by atoms with E-state index < -0.39 is 0 Å². The molecule has 126 valence electrons. The Balaban J connectivity index is 1.67. The zero-order valence-corrected chi connectivity index (χ0v) is 15.0. The first-order chi connectivity index (χ1) is 11.6. The zero-order chi connectivity index (χ0) is 17.1. The van der Waals surface area contributed by atoms with Crippen LogP contribution in [-0.4, -0.2) is 29.8 Å². The molecule has 0 aliphatic carbocycles. The standard InChI is InChI=1S/C18H19ClN2O2S/c1-12-14(19)6-2-7-15(12)20-17(22)13-5-3-9-21(11-13)18(23)16-8-4-10-24-16/h2,4,6-8,10,13H,3,5,9,11H2,1H3,(H,20,22)/t13-/m0/s1. The predicted molar refractivity (Wildman–Crippen MR) is 97.8 cm³/mol. The predicted octanol–water partition coefficient (Wildman–Crippen LogP) is 4.20. The number of carbonyl (C=O) groups excluding carboxylic acids is 2. The molecule has 6 heteroatoms. The van der Waals surface area contributed by atoms with Crippen LogP contribution in [0.3, 0.4) is 0 Å². The van der Waals surface area contributed by atoms with Crippen LogP contribution in [0.25, 0.3) is 0 Å². The minimum atomic E-state index is -0.193. The van der Waals surface area contributed by atoms with Crippen LogP contribution in [0.4, 0.5) is 5.69 Å². The summed E-state index contributed by atoms with van der Waals surface area (Å²) in [5.41, 5.74) is 1.59. The molecule has 0 spiro atoms. The maximum Gasteiger partial charge on any atom is 0.263 e. The number of rotatable bonds is 3. The van der Waals surface area contributed by atoms with Crippen molar-refractivity contribution in [2.45, 2.75) is 19.8 Å². The lowest BCUT2D eigenvalue weighted by molar-refractivity contribution is -0.121. The maximum absolute atomic E-state index is 12.6. The Hall–Kier alpha value is -1.85. The molecule has 0 radical (unpaired) electrons.